The zero-order chi connectivity index (χ0) is 15.2. The van der Waals surface area contributed by atoms with Gasteiger partial charge in [-0.3, -0.25) is 0 Å². The van der Waals surface area contributed by atoms with Gasteiger partial charge in [0.05, 0.1) is 30.2 Å². The number of rotatable bonds is 0. The topological polar surface area (TPSA) is 36.9 Å². The molecule has 0 saturated carbocycles. The summed E-state index contributed by atoms with van der Waals surface area (Å²) in [7, 11) is 0. The van der Waals surface area contributed by atoms with Crippen molar-refractivity contribution in [3.8, 4) is 0 Å². The third kappa shape index (κ3) is 2.47. The van der Waals surface area contributed by atoms with Gasteiger partial charge in [-0.2, -0.15) is 0 Å². The van der Waals surface area contributed by atoms with E-state index >= 15 is 0 Å². The first-order valence-corrected chi connectivity index (χ1v) is 10.4. The highest BCUT2D eigenvalue weighted by Gasteiger charge is 2.62. The summed E-state index contributed by atoms with van der Waals surface area (Å²) in [6, 6.07) is 2.08. The molecule has 2 fully saturated rings. The van der Waals surface area contributed by atoms with Gasteiger partial charge in [0.25, 0.3) is 5.79 Å². The maximum atomic E-state index is 6.15. The summed E-state index contributed by atoms with van der Waals surface area (Å²) in [6.45, 7) is 2.18. The first kappa shape index (κ1) is 16.1. The van der Waals surface area contributed by atoms with Crippen LogP contribution in [0.3, 0.4) is 0 Å². The molecule has 2 saturated heterocycles. The van der Waals surface area contributed by atoms with Crippen molar-refractivity contribution in [2.45, 2.75) is 23.7 Å². The summed E-state index contributed by atoms with van der Waals surface area (Å²) in [5, 5.41) is 0. The zero-order valence-corrected chi connectivity index (χ0v) is 16.4. The van der Waals surface area contributed by atoms with Crippen molar-refractivity contribution >= 4 is 55.0 Å². The van der Waals surface area contributed by atoms with E-state index < -0.39 is 11.6 Å². The van der Waals surface area contributed by atoms with Crippen LogP contribution >= 0.6 is 55.0 Å². The maximum absolute atomic E-state index is 6.15. The third-order valence-corrected chi connectivity index (χ3v) is 7.66. The van der Waals surface area contributed by atoms with E-state index in [2.05, 4.69) is 44.0 Å². The lowest BCUT2D eigenvalue weighted by Crippen LogP contribution is -2.53. The number of hydrogen-bond donors (Lipinski definition) is 0. The lowest BCUT2D eigenvalue weighted by atomic mass is 9.94. The Morgan fingerprint density at radius 1 is 1.00 bits per heavy atom. The Morgan fingerprint density at radius 3 is 2.41 bits per heavy atom. The lowest BCUT2D eigenvalue weighted by Gasteiger charge is -2.41. The highest BCUT2D eigenvalue weighted by molar-refractivity contribution is 9.14. The van der Waals surface area contributed by atoms with Crippen LogP contribution < -0.4 is 0 Å². The minimum absolute atomic E-state index is 0.541. The summed E-state index contributed by atoms with van der Waals surface area (Å²) >= 11 is 10.7. The Balaban J connectivity index is 1.91. The molecule has 0 atom stereocenters. The van der Waals surface area contributed by atoms with E-state index in [0.29, 0.717) is 32.8 Å². The Morgan fingerprint density at radius 2 is 1.68 bits per heavy atom. The molecule has 0 aromatic carbocycles. The molecule has 1 aromatic rings. The van der Waals surface area contributed by atoms with E-state index in [0.717, 1.165) is 18.9 Å². The molecule has 0 N–H and O–H groups in total. The van der Waals surface area contributed by atoms with Gasteiger partial charge in [-0.05, 0) is 37.9 Å². The maximum Gasteiger partial charge on any atom is 0.252 e. The third-order valence-electron chi connectivity index (χ3n) is 3.96. The predicted octanol–water partition coefficient (Wildman–Crippen LogP) is 4.33. The van der Waals surface area contributed by atoms with Crippen molar-refractivity contribution in [3.05, 3.63) is 30.2 Å². The molecule has 0 aliphatic carbocycles. The van der Waals surface area contributed by atoms with Crippen LogP contribution in [-0.2, 0) is 30.5 Å². The first-order chi connectivity index (χ1) is 10.7. The van der Waals surface area contributed by atoms with E-state index in [1.165, 1.54) is 4.88 Å². The van der Waals surface area contributed by atoms with Crippen LogP contribution in [0.5, 0.6) is 0 Å². The van der Waals surface area contributed by atoms with Crippen molar-refractivity contribution in [2.75, 3.05) is 26.4 Å². The first-order valence-electron chi connectivity index (χ1n) is 6.98. The monoisotopic (exact) mass is 468 g/mol. The van der Waals surface area contributed by atoms with Crippen LogP contribution in [0.25, 0.3) is 0 Å². The molecule has 8 heteroatoms. The molecular weight excluding hydrogens is 456 g/mol. The lowest BCUT2D eigenvalue weighted by molar-refractivity contribution is -0.354. The van der Waals surface area contributed by atoms with Crippen LogP contribution in [-0.4, -0.2) is 32.2 Å². The molecule has 0 bridgehead atoms. The molecule has 4 rings (SSSR count). The van der Waals surface area contributed by atoms with Crippen molar-refractivity contribution < 1.29 is 18.9 Å². The number of hydrogen-bond acceptors (Lipinski definition) is 6. The second kappa shape index (κ2) is 6.15. The molecule has 120 valence electrons. The van der Waals surface area contributed by atoms with Gasteiger partial charge >= 0.3 is 0 Å². The van der Waals surface area contributed by atoms with E-state index in [4.69, 9.17) is 18.9 Å². The Bertz CT molecular complexity index is 604. The van der Waals surface area contributed by atoms with Gasteiger partial charge < -0.3 is 18.9 Å². The smallest absolute Gasteiger partial charge is 0.252 e. The van der Waals surface area contributed by atoms with Crippen molar-refractivity contribution in [1.82, 2.24) is 0 Å². The average Bonchev–Trinajstić information content (AvgIpc) is 3.22. The van der Waals surface area contributed by atoms with Gasteiger partial charge in [0.1, 0.15) is 0 Å². The molecular formula is C14H14Br2O4S2. The van der Waals surface area contributed by atoms with E-state index in [-0.39, 0.29) is 0 Å². The largest absolute Gasteiger partial charge is 0.342 e. The van der Waals surface area contributed by atoms with Crippen molar-refractivity contribution in [1.29, 1.82) is 0 Å². The molecule has 0 amide bonds. The minimum Gasteiger partial charge on any atom is -0.342 e. The number of halogens is 2. The summed E-state index contributed by atoms with van der Waals surface area (Å²) in [6.07, 6.45) is 2.67. The summed E-state index contributed by atoms with van der Waals surface area (Å²) in [5.74, 6) is -1.06. The quantitative estimate of drug-likeness (QED) is 0.565. The fourth-order valence-electron chi connectivity index (χ4n) is 3.08. The molecule has 2 spiro atoms. The molecule has 3 aliphatic rings. The van der Waals surface area contributed by atoms with Gasteiger partial charge in [-0.25, -0.2) is 0 Å². The number of thioether (sulfide) groups is 1. The fraction of sp³-hybridized carbons (Fsp3) is 0.571. The molecule has 0 unspecified atom stereocenters. The molecule has 4 nitrogen and oxygen atoms in total. The minimum atomic E-state index is -0.990. The number of thiophene rings is 1. The molecule has 4 heterocycles. The van der Waals surface area contributed by atoms with Gasteiger partial charge in [0, 0.05) is 26.4 Å². The molecule has 1 aromatic heterocycles. The van der Waals surface area contributed by atoms with E-state index in [1.54, 1.807) is 23.1 Å². The van der Waals surface area contributed by atoms with Crippen LogP contribution in [0.4, 0.5) is 0 Å². The van der Waals surface area contributed by atoms with Gasteiger partial charge in [0.2, 0.25) is 5.79 Å². The van der Waals surface area contributed by atoms with Crippen LogP contribution in [0.15, 0.2) is 19.7 Å². The SMILES string of the molecule is BrC1=CCC2(OCCO2)C2(OCCO2)c2cc(Br)sc2CS1. The Labute approximate surface area is 153 Å². The molecule has 0 radical (unpaired) electrons. The Hall–Kier alpha value is 0.590. The van der Waals surface area contributed by atoms with Gasteiger partial charge in [0.15, 0.2) is 0 Å². The Kier molecular flexibility index (Phi) is 4.49. The predicted molar refractivity (Wildman–Crippen MR) is 93.2 cm³/mol. The van der Waals surface area contributed by atoms with E-state index in [1.807, 2.05) is 0 Å². The summed E-state index contributed by atoms with van der Waals surface area (Å²) < 4.78 is 26.6. The average molecular weight is 470 g/mol. The molecule has 22 heavy (non-hydrogen) atoms. The summed E-state index contributed by atoms with van der Waals surface area (Å²) in [5.41, 5.74) is 1.02. The van der Waals surface area contributed by atoms with E-state index in [9.17, 15) is 0 Å². The van der Waals surface area contributed by atoms with Crippen molar-refractivity contribution in [2.24, 2.45) is 0 Å². The second-order valence-electron chi connectivity index (χ2n) is 5.15. The normalized spacial score (nSPS) is 26.5. The van der Waals surface area contributed by atoms with Gasteiger partial charge in [-0.1, -0.05) is 6.08 Å². The number of ether oxygens (including phenoxy) is 4. The summed E-state index contributed by atoms with van der Waals surface area (Å²) in [4.78, 5) is 1.21. The van der Waals surface area contributed by atoms with Crippen LogP contribution in [0, 0.1) is 0 Å². The zero-order valence-electron chi connectivity index (χ0n) is 11.6. The second-order valence-corrected chi connectivity index (χ2v) is 10.1. The molecule has 3 aliphatic heterocycles. The number of fused-ring (bicyclic) bond motifs is 3. The highest BCUT2D eigenvalue weighted by atomic mass is 79.9. The fourth-order valence-corrected chi connectivity index (χ4v) is 6.15. The van der Waals surface area contributed by atoms with Gasteiger partial charge in [-0.15, -0.1) is 23.1 Å². The standard InChI is InChI=1S/C14H14Br2O4S2/c15-11-1-2-13(17-3-4-18-13)14(19-5-6-20-14)9-7-12(16)22-10(9)8-21-11/h1,7H,2-6,8H2. The van der Waals surface area contributed by atoms with Crippen molar-refractivity contribution in [3.63, 3.8) is 0 Å². The van der Waals surface area contributed by atoms with Crippen LogP contribution in [0.2, 0.25) is 0 Å². The van der Waals surface area contributed by atoms with Crippen LogP contribution in [0.1, 0.15) is 16.9 Å². The highest BCUT2D eigenvalue weighted by Crippen LogP contribution is 2.53.